The molecule has 2 N–H and O–H groups in total. The molecule has 0 bridgehead atoms. The van der Waals surface area contributed by atoms with Gasteiger partial charge in [0, 0.05) is 24.8 Å². The average Bonchev–Trinajstić information content (AvgIpc) is 2.27. The van der Waals surface area contributed by atoms with Gasteiger partial charge in [-0.2, -0.15) is 4.98 Å². The minimum atomic E-state index is 0.504. The molecule has 1 rings (SSSR count). The summed E-state index contributed by atoms with van der Waals surface area (Å²) >= 11 is 0. The van der Waals surface area contributed by atoms with Crippen LogP contribution in [0.3, 0.4) is 0 Å². The Morgan fingerprint density at radius 3 is 2.62 bits per heavy atom. The molecule has 0 aliphatic rings. The molecule has 0 saturated carbocycles. The van der Waals surface area contributed by atoms with Crippen molar-refractivity contribution in [3.8, 4) is 0 Å². The summed E-state index contributed by atoms with van der Waals surface area (Å²) in [4.78, 5) is 8.66. The molecule has 1 aromatic heterocycles. The molecule has 0 aliphatic carbocycles. The van der Waals surface area contributed by atoms with Crippen molar-refractivity contribution in [3.63, 3.8) is 0 Å². The number of aryl methyl sites for hydroxylation is 1. The van der Waals surface area contributed by atoms with E-state index in [1.807, 2.05) is 20.0 Å². The smallest absolute Gasteiger partial charge is 0.224 e. The summed E-state index contributed by atoms with van der Waals surface area (Å²) in [5, 5.41) is 6.42. The molecule has 1 heterocycles. The second-order valence-corrected chi connectivity index (χ2v) is 4.01. The maximum atomic E-state index is 4.39. The first-order chi connectivity index (χ1) is 7.69. The first-order valence-electron chi connectivity index (χ1n) is 5.99. The van der Waals surface area contributed by atoms with E-state index in [0.717, 1.165) is 17.9 Å². The predicted molar refractivity (Wildman–Crippen MR) is 68.9 cm³/mol. The van der Waals surface area contributed by atoms with Crippen molar-refractivity contribution in [2.45, 2.75) is 46.1 Å². The Kier molecular flexibility index (Phi) is 5.02. The van der Waals surface area contributed by atoms with Gasteiger partial charge in [0.15, 0.2) is 0 Å². The van der Waals surface area contributed by atoms with E-state index in [4.69, 9.17) is 0 Å². The molecule has 0 saturated heterocycles. The van der Waals surface area contributed by atoms with Gasteiger partial charge in [0.25, 0.3) is 0 Å². The molecular weight excluding hydrogens is 200 g/mol. The zero-order valence-corrected chi connectivity index (χ0v) is 10.7. The Labute approximate surface area is 97.9 Å². The zero-order chi connectivity index (χ0) is 12.0. The lowest BCUT2D eigenvalue weighted by molar-refractivity contribution is 0.620. The third-order valence-corrected chi connectivity index (χ3v) is 2.56. The summed E-state index contributed by atoms with van der Waals surface area (Å²) in [6.45, 7) is 6.38. The van der Waals surface area contributed by atoms with Gasteiger partial charge in [-0.1, -0.05) is 20.3 Å². The molecule has 90 valence electrons. The molecule has 0 amide bonds. The molecule has 16 heavy (non-hydrogen) atoms. The van der Waals surface area contributed by atoms with E-state index < -0.39 is 0 Å². The van der Waals surface area contributed by atoms with E-state index in [1.54, 1.807) is 0 Å². The number of nitrogens with one attached hydrogen (secondary N) is 2. The zero-order valence-electron chi connectivity index (χ0n) is 10.7. The largest absolute Gasteiger partial charge is 0.367 e. The van der Waals surface area contributed by atoms with E-state index in [1.165, 1.54) is 12.8 Å². The fourth-order valence-electron chi connectivity index (χ4n) is 1.69. The molecule has 0 spiro atoms. The fourth-order valence-corrected chi connectivity index (χ4v) is 1.69. The molecule has 1 aromatic rings. The number of hydrogen-bond acceptors (Lipinski definition) is 4. The van der Waals surface area contributed by atoms with Crippen molar-refractivity contribution >= 4 is 11.8 Å². The van der Waals surface area contributed by atoms with Gasteiger partial charge in [0.05, 0.1) is 0 Å². The van der Waals surface area contributed by atoms with E-state index in [9.17, 15) is 0 Å². The van der Waals surface area contributed by atoms with Gasteiger partial charge in [-0.3, -0.25) is 0 Å². The highest BCUT2D eigenvalue weighted by Crippen LogP contribution is 2.13. The highest BCUT2D eigenvalue weighted by molar-refractivity contribution is 5.42. The molecule has 0 fully saturated rings. The predicted octanol–water partition coefficient (Wildman–Crippen LogP) is 2.82. The second kappa shape index (κ2) is 6.30. The van der Waals surface area contributed by atoms with Crippen molar-refractivity contribution in [2.24, 2.45) is 0 Å². The van der Waals surface area contributed by atoms with Crippen LogP contribution in [0.1, 0.15) is 38.8 Å². The van der Waals surface area contributed by atoms with Gasteiger partial charge in [-0.05, 0) is 19.8 Å². The second-order valence-electron chi connectivity index (χ2n) is 4.01. The van der Waals surface area contributed by atoms with Crippen LogP contribution in [0.25, 0.3) is 0 Å². The number of rotatable bonds is 6. The quantitative estimate of drug-likeness (QED) is 0.777. The van der Waals surface area contributed by atoms with Crippen molar-refractivity contribution in [1.82, 2.24) is 9.97 Å². The summed E-state index contributed by atoms with van der Waals surface area (Å²) in [5.74, 6) is 1.59. The topological polar surface area (TPSA) is 49.8 Å². The Hall–Kier alpha value is -1.32. The summed E-state index contributed by atoms with van der Waals surface area (Å²) in [5.41, 5.74) is 0.980. The molecule has 1 atom stereocenters. The molecule has 1 unspecified atom stereocenters. The van der Waals surface area contributed by atoms with Crippen LogP contribution in [0, 0.1) is 6.92 Å². The van der Waals surface area contributed by atoms with Crippen molar-refractivity contribution in [1.29, 1.82) is 0 Å². The van der Waals surface area contributed by atoms with Crippen LogP contribution in [0.15, 0.2) is 6.07 Å². The van der Waals surface area contributed by atoms with Gasteiger partial charge in [0.2, 0.25) is 5.95 Å². The maximum absolute atomic E-state index is 4.39. The molecular formula is C12H22N4. The Balaban J connectivity index is 2.74. The van der Waals surface area contributed by atoms with Crippen LogP contribution in [-0.4, -0.2) is 23.1 Å². The van der Waals surface area contributed by atoms with Crippen LogP contribution >= 0.6 is 0 Å². The highest BCUT2D eigenvalue weighted by atomic mass is 15.1. The summed E-state index contributed by atoms with van der Waals surface area (Å²) < 4.78 is 0. The van der Waals surface area contributed by atoms with E-state index >= 15 is 0 Å². The van der Waals surface area contributed by atoms with Crippen LogP contribution in [0.4, 0.5) is 11.8 Å². The van der Waals surface area contributed by atoms with Gasteiger partial charge in [-0.15, -0.1) is 0 Å². The average molecular weight is 222 g/mol. The van der Waals surface area contributed by atoms with Crippen molar-refractivity contribution in [2.75, 3.05) is 17.7 Å². The number of anilines is 2. The molecule has 0 radical (unpaired) electrons. The molecule has 0 aliphatic heterocycles. The first-order valence-corrected chi connectivity index (χ1v) is 5.99. The van der Waals surface area contributed by atoms with E-state index in [2.05, 4.69) is 34.4 Å². The highest BCUT2D eigenvalue weighted by Gasteiger charge is 2.07. The Morgan fingerprint density at radius 2 is 2.06 bits per heavy atom. The van der Waals surface area contributed by atoms with Gasteiger partial charge in [0.1, 0.15) is 5.82 Å². The third-order valence-electron chi connectivity index (χ3n) is 2.56. The lowest BCUT2D eigenvalue weighted by Gasteiger charge is -2.17. The minimum absolute atomic E-state index is 0.504. The van der Waals surface area contributed by atoms with E-state index in [-0.39, 0.29) is 0 Å². The normalized spacial score (nSPS) is 12.2. The Bertz CT molecular complexity index is 325. The molecule has 4 heteroatoms. The maximum Gasteiger partial charge on any atom is 0.224 e. The fraction of sp³-hybridized carbons (Fsp3) is 0.667. The van der Waals surface area contributed by atoms with Crippen LogP contribution in [-0.2, 0) is 0 Å². The van der Waals surface area contributed by atoms with Crippen LogP contribution in [0.2, 0.25) is 0 Å². The Morgan fingerprint density at radius 1 is 1.31 bits per heavy atom. The monoisotopic (exact) mass is 222 g/mol. The van der Waals surface area contributed by atoms with Gasteiger partial charge < -0.3 is 10.6 Å². The van der Waals surface area contributed by atoms with Gasteiger partial charge in [-0.25, -0.2) is 4.98 Å². The SMILES string of the molecule is CCCC(CC)Nc1cc(C)nc(NC)n1. The van der Waals surface area contributed by atoms with Crippen LogP contribution in [0.5, 0.6) is 0 Å². The molecule has 0 aromatic carbocycles. The number of hydrogen-bond donors (Lipinski definition) is 2. The van der Waals surface area contributed by atoms with Crippen LogP contribution < -0.4 is 10.6 Å². The summed E-state index contributed by atoms with van der Waals surface area (Å²) in [7, 11) is 1.84. The lowest BCUT2D eigenvalue weighted by Crippen LogP contribution is -2.19. The minimum Gasteiger partial charge on any atom is -0.367 e. The summed E-state index contributed by atoms with van der Waals surface area (Å²) in [6, 6.07) is 2.49. The van der Waals surface area contributed by atoms with Crippen molar-refractivity contribution < 1.29 is 0 Å². The lowest BCUT2D eigenvalue weighted by atomic mass is 10.1. The number of aromatic nitrogens is 2. The number of nitrogens with zero attached hydrogens (tertiary/aromatic N) is 2. The van der Waals surface area contributed by atoms with Gasteiger partial charge >= 0.3 is 0 Å². The standard InChI is InChI=1S/C12H22N4/c1-5-7-10(6-2)15-11-8-9(3)14-12(13-4)16-11/h8,10H,5-7H2,1-4H3,(H2,13,14,15,16). The summed E-state index contributed by atoms with van der Waals surface area (Å²) in [6.07, 6.45) is 3.48. The van der Waals surface area contributed by atoms with Crippen molar-refractivity contribution in [3.05, 3.63) is 11.8 Å². The third kappa shape index (κ3) is 3.68. The first kappa shape index (κ1) is 12.7. The molecule has 4 nitrogen and oxygen atoms in total. The van der Waals surface area contributed by atoms with E-state index in [0.29, 0.717) is 12.0 Å².